The van der Waals surface area contributed by atoms with Gasteiger partial charge in [0.1, 0.15) is 10.5 Å². The molecule has 1 aromatic carbocycles. The number of carbonyl (C=O) groups excluding carboxylic acids is 1. The molecule has 8 nitrogen and oxygen atoms in total. The first-order valence-electron chi connectivity index (χ1n) is 8.28. The van der Waals surface area contributed by atoms with Crippen molar-refractivity contribution in [1.29, 1.82) is 0 Å². The quantitative estimate of drug-likeness (QED) is 0.654. The summed E-state index contributed by atoms with van der Waals surface area (Å²) in [6, 6.07) is 6.41. The van der Waals surface area contributed by atoms with E-state index < -0.39 is 21.8 Å². The summed E-state index contributed by atoms with van der Waals surface area (Å²) in [5, 5.41) is 4.51. The van der Waals surface area contributed by atoms with E-state index in [9.17, 15) is 13.2 Å². The van der Waals surface area contributed by atoms with Gasteiger partial charge in [0, 0.05) is 13.0 Å². The third kappa shape index (κ3) is 2.82. The molecule has 0 saturated carbocycles. The predicted molar refractivity (Wildman–Crippen MR) is 91.7 cm³/mol. The molecule has 0 N–H and O–H groups in total. The predicted octanol–water partition coefficient (Wildman–Crippen LogP) is 2.25. The average molecular weight is 377 g/mol. The van der Waals surface area contributed by atoms with Crippen molar-refractivity contribution >= 4 is 16.2 Å². The number of rotatable bonds is 0. The summed E-state index contributed by atoms with van der Waals surface area (Å²) in [7, 11) is -3.94. The smallest absolute Gasteiger partial charge is 0.410 e. The van der Waals surface area contributed by atoms with Gasteiger partial charge in [-0.2, -0.15) is 18.2 Å². The third-order valence-electron chi connectivity index (χ3n) is 4.18. The van der Waals surface area contributed by atoms with Crippen LogP contribution < -0.4 is 4.18 Å². The van der Waals surface area contributed by atoms with E-state index in [4.69, 9.17) is 8.92 Å². The molecule has 2 aliphatic rings. The van der Waals surface area contributed by atoms with Crippen molar-refractivity contribution in [2.75, 3.05) is 6.54 Å². The minimum absolute atomic E-state index is 0.0778. The summed E-state index contributed by atoms with van der Waals surface area (Å²) in [5.74, 6) is 0.134. The summed E-state index contributed by atoms with van der Waals surface area (Å²) >= 11 is 0. The minimum Gasteiger partial charge on any atom is -0.444 e. The van der Waals surface area contributed by atoms with Crippen LogP contribution in [0.1, 0.15) is 32.0 Å². The Labute approximate surface area is 151 Å². The molecule has 0 saturated heterocycles. The average Bonchev–Trinajstić information content (AvgIpc) is 2.87. The first kappa shape index (κ1) is 16.9. The number of carbonyl (C=O) groups is 1. The number of aromatic nitrogens is 2. The van der Waals surface area contributed by atoms with E-state index in [2.05, 4.69) is 5.10 Å². The fourth-order valence-corrected chi connectivity index (χ4v) is 4.00. The van der Waals surface area contributed by atoms with E-state index in [-0.39, 0.29) is 17.3 Å². The van der Waals surface area contributed by atoms with Crippen LogP contribution in [0.4, 0.5) is 4.79 Å². The molecule has 26 heavy (non-hydrogen) atoms. The Balaban J connectivity index is 1.73. The van der Waals surface area contributed by atoms with Crippen molar-refractivity contribution in [2.24, 2.45) is 0 Å². The van der Waals surface area contributed by atoms with Crippen LogP contribution in [0.3, 0.4) is 0 Å². The normalized spacial score (nSPS) is 17.6. The van der Waals surface area contributed by atoms with Gasteiger partial charge in [0.15, 0.2) is 0 Å². The van der Waals surface area contributed by atoms with Crippen molar-refractivity contribution in [3.8, 4) is 11.6 Å². The van der Waals surface area contributed by atoms with Crippen molar-refractivity contribution < 1.29 is 22.1 Å². The second-order valence-corrected chi connectivity index (χ2v) is 8.88. The first-order valence-corrected chi connectivity index (χ1v) is 9.68. The molecule has 9 heteroatoms. The number of fused-ring (bicyclic) bond motifs is 6. The number of ether oxygens (including phenoxy) is 1. The molecular weight excluding hydrogens is 358 g/mol. The highest BCUT2D eigenvalue weighted by Crippen LogP contribution is 2.35. The van der Waals surface area contributed by atoms with Gasteiger partial charge in [0.2, 0.25) is 5.88 Å². The number of hydrogen-bond acceptors (Lipinski definition) is 6. The van der Waals surface area contributed by atoms with E-state index in [0.717, 1.165) is 5.69 Å². The highest BCUT2D eigenvalue weighted by atomic mass is 32.2. The van der Waals surface area contributed by atoms with Crippen LogP contribution in [0.25, 0.3) is 5.69 Å². The van der Waals surface area contributed by atoms with Gasteiger partial charge in [-0.05, 0) is 39.0 Å². The van der Waals surface area contributed by atoms with Gasteiger partial charge in [-0.25, -0.2) is 4.79 Å². The summed E-state index contributed by atoms with van der Waals surface area (Å²) in [4.78, 5) is 14.0. The maximum atomic E-state index is 12.4. The van der Waals surface area contributed by atoms with Crippen LogP contribution in [0.2, 0.25) is 0 Å². The van der Waals surface area contributed by atoms with Gasteiger partial charge < -0.3 is 13.8 Å². The van der Waals surface area contributed by atoms with Gasteiger partial charge in [0.05, 0.1) is 23.5 Å². The summed E-state index contributed by atoms with van der Waals surface area (Å²) < 4.78 is 37.2. The van der Waals surface area contributed by atoms with Crippen LogP contribution in [0, 0.1) is 0 Å². The molecule has 0 fully saturated rings. The fraction of sp³-hybridized carbons (Fsp3) is 0.412. The van der Waals surface area contributed by atoms with Gasteiger partial charge in [-0.15, -0.1) is 0 Å². The van der Waals surface area contributed by atoms with E-state index in [1.807, 2.05) is 0 Å². The van der Waals surface area contributed by atoms with Crippen LogP contribution in [-0.2, 0) is 27.8 Å². The van der Waals surface area contributed by atoms with Crippen molar-refractivity contribution in [3.63, 3.8) is 0 Å². The number of benzene rings is 1. The Hall–Kier alpha value is -2.55. The Morgan fingerprint density at radius 1 is 1.31 bits per heavy atom. The van der Waals surface area contributed by atoms with Crippen molar-refractivity contribution in [3.05, 3.63) is 35.5 Å². The molecule has 138 valence electrons. The summed E-state index contributed by atoms with van der Waals surface area (Å²) in [5.41, 5.74) is 1.32. The highest BCUT2D eigenvalue weighted by molar-refractivity contribution is 7.87. The molecule has 3 heterocycles. The Morgan fingerprint density at radius 2 is 2.08 bits per heavy atom. The van der Waals surface area contributed by atoms with Crippen molar-refractivity contribution in [2.45, 2.75) is 44.2 Å². The molecule has 0 aliphatic carbocycles. The first-order chi connectivity index (χ1) is 12.1. The van der Waals surface area contributed by atoms with Gasteiger partial charge in [-0.1, -0.05) is 6.07 Å². The standard InChI is InChI=1S/C17H19N3O5S/c1-17(2,3)24-16(21)19-8-7-14-13(10-19)15-20(18-14)11-5-4-6-12(9-11)26(22,23)25-15/h4-6,9H,7-8,10H2,1-3H3. The maximum Gasteiger partial charge on any atom is 0.410 e. The third-order valence-corrected chi connectivity index (χ3v) is 5.39. The molecule has 1 aromatic heterocycles. The van der Waals surface area contributed by atoms with Gasteiger partial charge in [0.25, 0.3) is 0 Å². The summed E-state index contributed by atoms with van der Waals surface area (Å²) in [6.45, 7) is 6.04. The zero-order valence-corrected chi connectivity index (χ0v) is 15.5. The van der Waals surface area contributed by atoms with E-state index in [1.165, 1.54) is 21.7 Å². The van der Waals surface area contributed by atoms with E-state index >= 15 is 0 Å². The monoisotopic (exact) mass is 377 g/mol. The van der Waals surface area contributed by atoms with Crippen molar-refractivity contribution in [1.82, 2.24) is 14.7 Å². The molecule has 0 spiro atoms. The molecule has 0 unspecified atom stereocenters. The topological polar surface area (TPSA) is 90.7 Å². The molecular formula is C17H19N3O5S. The molecule has 1 amide bonds. The molecule has 2 aromatic rings. The number of nitrogens with zero attached hydrogens (tertiary/aromatic N) is 3. The number of hydrogen-bond donors (Lipinski definition) is 0. The lowest BCUT2D eigenvalue weighted by Gasteiger charge is -2.29. The molecule has 4 rings (SSSR count). The molecule has 0 radical (unpaired) electrons. The van der Waals surface area contributed by atoms with Crippen LogP contribution >= 0.6 is 0 Å². The highest BCUT2D eigenvalue weighted by Gasteiger charge is 2.34. The van der Waals surface area contributed by atoms with Crippen LogP contribution in [-0.4, -0.2) is 41.3 Å². The van der Waals surface area contributed by atoms with E-state index in [1.54, 1.807) is 32.9 Å². The Bertz CT molecular complexity index is 1000. The SMILES string of the molecule is CC(C)(C)OC(=O)N1CCc2nn3c(c2C1)OS(=O)(=O)c1cccc-3c1. The Morgan fingerprint density at radius 3 is 2.81 bits per heavy atom. The molecule has 2 aliphatic heterocycles. The lowest BCUT2D eigenvalue weighted by Crippen LogP contribution is -2.39. The van der Waals surface area contributed by atoms with Crippen LogP contribution in [0.15, 0.2) is 29.2 Å². The van der Waals surface area contributed by atoms with Gasteiger partial charge >= 0.3 is 16.2 Å². The lowest BCUT2D eigenvalue weighted by molar-refractivity contribution is 0.0223. The zero-order valence-electron chi connectivity index (χ0n) is 14.7. The zero-order chi connectivity index (χ0) is 18.7. The minimum atomic E-state index is -3.94. The maximum absolute atomic E-state index is 12.4. The Kier molecular flexibility index (Phi) is 3.56. The second kappa shape index (κ2) is 5.47. The molecule has 0 atom stereocenters. The lowest BCUT2D eigenvalue weighted by atomic mass is 10.1. The van der Waals surface area contributed by atoms with Gasteiger partial charge in [-0.3, -0.25) is 0 Å². The summed E-state index contributed by atoms with van der Waals surface area (Å²) in [6.07, 6.45) is 0.0534. The number of amides is 1. The fourth-order valence-electron chi connectivity index (χ4n) is 3.01. The molecule has 2 bridgehead atoms. The largest absolute Gasteiger partial charge is 0.444 e. The second-order valence-electron chi connectivity index (χ2n) is 7.33. The van der Waals surface area contributed by atoms with E-state index in [0.29, 0.717) is 24.2 Å². The van der Waals surface area contributed by atoms with Crippen LogP contribution in [0.5, 0.6) is 5.88 Å².